The maximum Gasteiger partial charge on any atom is 2.00 e. The molecule has 2 aromatic rings. The van der Waals surface area contributed by atoms with Crippen LogP contribution in [0.1, 0.15) is 125 Å². The summed E-state index contributed by atoms with van der Waals surface area (Å²) < 4.78 is 33.1. The summed E-state index contributed by atoms with van der Waals surface area (Å²) in [6.45, 7) is 32.8. The Balaban J connectivity index is -0.000000598. The summed E-state index contributed by atoms with van der Waals surface area (Å²) in [5.41, 5.74) is -3.47. The molecule has 0 radical (unpaired) electrons. The van der Waals surface area contributed by atoms with Crippen LogP contribution in [0.3, 0.4) is 0 Å². The van der Waals surface area contributed by atoms with Gasteiger partial charge in [0.25, 0.3) is 0 Å². The molecule has 0 aromatic carbocycles. The van der Waals surface area contributed by atoms with Crippen molar-refractivity contribution in [1.82, 2.24) is 9.97 Å². The number of pyridine rings is 2. The van der Waals surface area contributed by atoms with Crippen LogP contribution >= 0.6 is 0 Å². The molecule has 0 atom stereocenters. The second-order valence-electron chi connectivity index (χ2n) is 16.3. The molecule has 2 aromatic heterocycles. The van der Waals surface area contributed by atoms with Crippen molar-refractivity contribution in [2.24, 2.45) is 0 Å². The molecule has 0 saturated carbocycles. The third-order valence-corrected chi connectivity index (χ3v) is 8.89. The smallest absolute Gasteiger partial charge is 0.793 e. The van der Waals surface area contributed by atoms with Crippen LogP contribution in [0.5, 0.6) is 0 Å². The quantitative estimate of drug-likeness (QED) is 0.299. The Kier molecular flexibility index (Phi) is 22.0. The van der Waals surface area contributed by atoms with Crippen molar-refractivity contribution >= 4 is 18.1 Å². The van der Waals surface area contributed by atoms with Crippen LogP contribution in [0.4, 0.5) is 0 Å². The molecule has 2 rings (SSSR count). The first-order valence-corrected chi connectivity index (χ1v) is 18.8. The Morgan fingerprint density at radius 2 is 0.489 bits per heavy atom. The van der Waals surface area contributed by atoms with Crippen molar-refractivity contribution in [3.05, 3.63) is 61.2 Å². The van der Waals surface area contributed by atoms with Crippen LogP contribution < -0.4 is 9.59 Å². The van der Waals surface area contributed by atoms with Gasteiger partial charge in [-0.15, -0.1) is 0 Å². The van der Waals surface area contributed by atoms with Gasteiger partial charge in [0.1, 0.15) is 0 Å². The first-order valence-electron chi connectivity index (χ1n) is 15.6. The molecule has 0 aliphatic carbocycles. The average Bonchev–Trinajstić information content (AvgIpc) is 2.74. The number of hydrogen-bond donors (Lipinski definition) is 0. The Morgan fingerprint density at radius 3 is 0.553 bits per heavy atom. The molecule has 0 bridgehead atoms. The molecule has 13 heteroatoms. The molecule has 0 unspecified atom stereocenters. The molecule has 0 aliphatic heterocycles. The van der Waals surface area contributed by atoms with E-state index in [0.29, 0.717) is 0 Å². The van der Waals surface area contributed by atoms with Gasteiger partial charge in [-0.25, -0.2) is 0 Å². The van der Waals surface area contributed by atoms with Crippen LogP contribution in [0.15, 0.2) is 61.2 Å². The number of rotatable bonds is 6. The fourth-order valence-electron chi connectivity index (χ4n) is 3.00. The predicted molar refractivity (Wildman–Crippen MR) is 185 cm³/mol. The number of nitrogens with zero attached hydrogens (tertiary/aromatic N) is 2. The molecular weight excluding hydrogens is 676 g/mol. The third kappa shape index (κ3) is 37.6. The normalized spacial score (nSPS) is 13.0. The van der Waals surface area contributed by atoms with Crippen molar-refractivity contribution in [2.45, 2.75) is 158 Å². The minimum absolute atomic E-state index is 0. The Morgan fingerprint density at radius 1 is 0.340 bits per heavy atom. The summed E-state index contributed by atoms with van der Waals surface area (Å²) in [6.07, 6.45) is 7.00. The van der Waals surface area contributed by atoms with Crippen LogP contribution in [-0.2, 0) is 43.6 Å². The second-order valence-corrected chi connectivity index (χ2v) is 19.6. The molecule has 0 N–H and O–H groups in total. The summed E-state index contributed by atoms with van der Waals surface area (Å²) in [6, 6.07) is 11.4. The zero-order valence-corrected chi connectivity index (χ0v) is 35.4. The molecular formula is C34H64FeN2O8Si2. The molecule has 0 fully saturated rings. The molecule has 47 heavy (non-hydrogen) atoms. The third-order valence-electron chi connectivity index (χ3n) is 3.72. The van der Waals surface area contributed by atoms with Crippen LogP contribution in [-0.4, -0.2) is 61.7 Å². The molecule has 2 heterocycles. The van der Waals surface area contributed by atoms with Crippen molar-refractivity contribution in [3.8, 4) is 0 Å². The maximum absolute atomic E-state index is 12.6. The summed E-state index contributed by atoms with van der Waals surface area (Å²) in [7, 11) is -7.81. The summed E-state index contributed by atoms with van der Waals surface area (Å²) in [4.78, 5) is 32.8. The molecule has 0 aliphatic rings. The van der Waals surface area contributed by atoms with Gasteiger partial charge in [0, 0.05) is 24.8 Å². The van der Waals surface area contributed by atoms with E-state index in [4.69, 9.17) is 26.6 Å². The van der Waals surface area contributed by atoms with E-state index in [-0.39, 0.29) is 17.1 Å². The zero-order valence-electron chi connectivity index (χ0n) is 32.3. The fourth-order valence-corrected chi connectivity index (χ4v) is 7.75. The van der Waals surface area contributed by atoms with Gasteiger partial charge < -0.3 is 36.1 Å². The van der Waals surface area contributed by atoms with Gasteiger partial charge in [-0.05, 0) is 149 Å². The van der Waals surface area contributed by atoms with Crippen molar-refractivity contribution < 1.29 is 53.2 Å². The van der Waals surface area contributed by atoms with Crippen LogP contribution in [0.2, 0.25) is 0 Å². The minimum Gasteiger partial charge on any atom is -0.793 e. The van der Waals surface area contributed by atoms with E-state index in [1.54, 1.807) is 24.8 Å². The van der Waals surface area contributed by atoms with Gasteiger partial charge in [-0.1, -0.05) is 12.1 Å². The van der Waals surface area contributed by atoms with Crippen LogP contribution in [0, 0.1) is 0 Å². The van der Waals surface area contributed by atoms with E-state index in [2.05, 4.69) is 9.97 Å². The average molecular weight is 741 g/mol. The van der Waals surface area contributed by atoms with Crippen LogP contribution in [0.25, 0.3) is 0 Å². The van der Waals surface area contributed by atoms with Crippen molar-refractivity contribution in [2.75, 3.05) is 0 Å². The standard InChI is InChI=1S/2C12H27O4Si.2C5H5N.Fe/c2*1-10(2,3)14-17(13,15-11(4,5)6)16-12(7,8)9;2*1-2-4-6-5-3-1;/h2*1-9H3;2*1-5H;/q2*-1;;;+2. The second kappa shape index (κ2) is 20.6. The Labute approximate surface area is 299 Å². The zero-order chi connectivity index (χ0) is 36.7. The fraction of sp³-hybridized carbons (Fsp3) is 0.706. The minimum atomic E-state index is -3.91. The largest absolute Gasteiger partial charge is 2.00 e. The number of aromatic nitrogens is 2. The van der Waals surface area contributed by atoms with Gasteiger partial charge in [0.15, 0.2) is 0 Å². The van der Waals surface area contributed by atoms with Gasteiger partial charge >= 0.3 is 35.2 Å². The van der Waals surface area contributed by atoms with E-state index >= 15 is 0 Å². The summed E-state index contributed by atoms with van der Waals surface area (Å²) >= 11 is 0. The Hall–Kier alpha value is -1.07. The van der Waals surface area contributed by atoms with E-state index in [1.165, 1.54) is 0 Å². The maximum atomic E-state index is 12.6. The summed E-state index contributed by atoms with van der Waals surface area (Å²) in [5.74, 6) is 0. The Bertz CT molecular complexity index is 823. The van der Waals surface area contributed by atoms with E-state index in [9.17, 15) is 9.59 Å². The molecule has 274 valence electrons. The van der Waals surface area contributed by atoms with Crippen molar-refractivity contribution in [3.63, 3.8) is 0 Å². The first-order chi connectivity index (χ1) is 20.2. The topological polar surface area (TPSA) is 127 Å². The predicted octanol–water partition coefficient (Wildman–Crippen LogP) is 6.62. The van der Waals surface area contributed by atoms with Gasteiger partial charge in [-0.3, -0.25) is 9.97 Å². The molecule has 0 amide bonds. The van der Waals surface area contributed by atoms with Gasteiger partial charge in [0.2, 0.25) is 0 Å². The monoisotopic (exact) mass is 740 g/mol. The van der Waals surface area contributed by atoms with E-state index in [0.717, 1.165) is 0 Å². The van der Waals surface area contributed by atoms with Crippen molar-refractivity contribution in [1.29, 1.82) is 0 Å². The first kappa shape index (κ1) is 50.3. The molecule has 0 spiro atoms. The van der Waals surface area contributed by atoms with Gasteiger partial charge in [-0.2, -0.15) is 0 Å². The molecule has 10 nitrogen and oxygen atoms in total. The summed E-state index contributed by atoms with van der Waals surface area (Å²) in [5, 5.41) is 0. The van der Waals surface area contributed by atoms with E-state index in [1.807, 2.05) is 161 Å². The molecule has 0 saturated heterocycles. The van der Waals surface area contributed by atoms with E-state index < -0.39 is 51.7 Å². The van der Waals surface area contributed by atoms with Gasteiger partial charge in [0.05, 0.1) is 33.6 Å². The SMILES string of the molecule is CC(C)(C)O[Si]([O-])(OC(C)(C)C)OC(C)(C)C.CC(C)(C)O[Si]([O-])(OC(C)(C)C)OC(C)(C)C.[Fe+2].c1ccncc1.c1ccncc1. The number of hydrogen-bond acceptors (Lipinski definition) is 10.